The van der Waals surface area contributed by atoms with Crippen LogP contribution in [-0.2, 0) is 9.84 Å². The first-order valence-corrected chi connectivity index (χ1v) is 7.27. The summed E-state index contributed by atoms with van der Waals surface area (Å²) in [7, 11) is -1.85. The van der Waals surface area contributed by atoms with Crippen LogP contribution in [0.25, 0.3) is 0 Å². The zero-order valence-corrected chi connectivity index (χ0v) is 11.7. The molecule has 0 radical (unpaired) electrons. The molecular weight excluding hydrogens is 254 g/mol. The van der Waals surface area contributed by atoms with Crippen molar-refractivity contribution in [2.45, 2.75) is 18.7 Å². The molecule has 1 aromatic rings. The SMILES string of the molecule is COc1cc(C)c(S(=O)(=O)CNCCO)c(C)c1. The molecule has 0 heterocycles. The van der Waals surface area contributed by atoms with Gasteiger partial charge in [-0.3, -0.25) is 0 Å². The van der Waals surface area contributed by atoms with Gasteiger partial charge in [0.1, 0.15) is 11.6 Å². The quantitative estimate of drug-likeness (QED) is 0.743. The number of nitrogens with one attached hydrogen (secondary N) is 1. The summed E-state index contributed by atoms with van der Waals surface area (Å²) in [6, 6.07) is 3.40. The van der Waals surface area contributed by atoms with E-state index in [9.17, 15) is 8.42 Å². The summed E-state index contributed by atoms with van der Waals surface area (Å²) in [6.45, 7) is 3.66. The molecule has 0 aliphatic carbocycles. The number of ether oxygens (including phenoxy) is 1. The number of aryl methyl sites for hydroxylation is 2. The van der Waals surface area contributed by atoms with Crippen LogP contribution in [0.5, 0.6) is 5.75 Å². The highest BCUT2D eigenvalue weighted by atomic mass is 32.2. The molecule has 0 saturated carbocycles. The second-order valence-corrected chi connectivity index (χ2v) is 6.00. The molecule has 1 rings (SSSR count). The molecule has 102 valence electrons. The summed E-state index contributed by atoms with van der Waals surface area (Å²) in [4.78, 5) is 0.328. The largest absolute Gasteiger partial charge is 0.497 e. The third-order valence-electron chi connectivity index (χ3n) is 2.56. The lowest BCUT2D eigenvalue weighted by Gasteiger charge is -2.13. The van der Waals surface area contributed by atoms with Crippen LogP contribution in [0, 0.1) is 13.8 Å². The lowest BCUT2D eigenvalue weighted by atomic mass is 10.1. The highest BCUT2D eigenvalue weighted by molar-refractivity contribution is 7.91. The predicted octanol–water partition coefficient (Wildman–Crippen LogP) is 0.625. The van der Waals surface area contributed by atoms with E-state index in [4.69, 9.17) is 9.84 Å². The molecule has 0 aliphatic rings. The molecule has 0 aliphatic heterocycles. The van der Waals surface area contributed by atoms with Gasteiger partial charge in [0.25, 0.3) is 0 Å². The topological polar surface area (TPSA) is 75.6 Å². The first-order chi connectivity index (χ1) is 8.42. The van der Waals surface area contributed by atoms with E-state index in [2.05, 4.69) is 5.32 Å². The fourth-order valence-electron chi connectivity index (χ4n) is 1.88. The van der Waals surface area contributed by atoms with Gasteiger partial charge < -0.3 is 15.2 Å². The minimum atomic E-state index is -3.40. The summed E-state index contributed by atoms with van der Waals surface area (Å²) in [5.41, 5.74) is 1.33. The monoisotopic (exact) mass is 273 g/mol. The maximum absolute atomic E-state index is 12.2. The van der Waals surface area contributed by atoms with E-state index in [-0.39, 0.29) is 19.0 Å². The Morgan fingerprint density at radius 2 is 1.83 bits per heavy atom. The molecule has 2 N–H and O–H groups in total. The second kappa shape index (κ2) is 6.17. The van der Waals surface area contributed by atoms with Gasteiger partial charge in [0.05, 0.1) is 18.6 Å². The summed E-state index contributed by atoms with van der Waals surface area (Å²) < 4.78 is 29.4. The molecule has 0 saturated heterocycles. The standard InChI is InChI=1S/C12H19NO4S/c1-9-6-11(17-3)7-10(2)12(9)18(15,16)8-13-4-5-14/h6-7,13-14H,4-5,8H2,1-3H3. The van der Waals surface area contributed by atoms with E-state index in [0.717, 1.165) is 0 Å². The van der Waals surface area contributed by atoms with Gasteiger partial charge in [-0.2, -0.15) is 0 Å². The van der Waals surface area contributed by atoms with Crippen molar-refractivity contribution in [2.24, 2.45) is 0 Å². The van der Waals surface area contributed by atoms with E-state index < -0.39 is 9.84 Å². The third kappa shape index (κ3) is 3.44. The molecule has 1 aromatic carbocycles. The molecule has 0 unspecified atom stereocenters. The Morgan fingerprint density at radius 3 is 2.28 bits per heavy atom. The van der Waals surface area contributed by atoms with Crippen molar-refractivity contribution in [2.75, 3.05) is 26.1 Å². The smallest absolute Gasteiger partial charge is 0.191 e. The molecule has 0 amide bonds. The van der Waals surface area contributed by atoms with E-state index in [1.54, 1.807) is 33.1 Å². The average molecular weight is 273 g/mol. The minimum absolute atomic E-state index is 0.0872. The van der Waals surface area contributed by atoms with Crippen LogP contribution in [0.3, 0.4) is 0 Å². The Morgan fingerprint density at radius 1 is 1.28 bits per heavy atom. The lowest BCUT2D eigenvalue weighted by Crippen LogP contribution is -2.26. The number of sulfone groups is 1. The average Bonchev–Trinajstić information content (AvgIpc) is 2.27. The van der Waals surface area contributed by atoms with Crippen LogP contribution < -0.4 is 10.1 Å². The number of aliphatic hydroxyl groups is 1. The molecule has 5 nitrogen and oxygen atoms in total. The van der Waals surface area contributed by atoms with Crippen molar-refractivity contribution in [1.29, 1.82) is 0 Å². The molecule has 6 heteroatoms. The molecule has 0 atom stereocenters. The van der Waals surface area contributed by atoms with Crippen molar-refractivity contribution in [3.05, 3.63) is 23.3 Å². The Labute approximate surface area is 108 Å². The van der Waals surface area contributed by atoms with Crippen molar-refractivity contribution in [3.63, 3.8) is 0 Å². The number of hydrogen-bond acceptors (Lipinski definition) is 5. The van der Waals surface area contributed by atoms with E-state index >= 15 is 0 Å². The Hall–Kier alpha value is -1.11. The van der Waals surface area contributed by atoms with E-state index in [1.807, 2.05) is 0 Å². The van der Waals surface area contributed by atoms with E-state index in [0.29, 0.717) is 21.8 Å². The van der Waals surface area contributed by atoms with Crippen LogP contribution in [-0.4, -0.2) is 39.7 Å². The van der Waals surface area contributed by atoms with Gasteiger partial charge in [-0.05, 0) is 37.1 Å². The van der Waals surface area contributed by atoms with Crippen LogP contribution in [0.4, 0.5) is 0 Å². The second-order valence-electron chi connectivity index (χ2n) is 4.07. The van der Waals surface area contributed by atoms with E-state index in [1.165, 1.54) is 0 Å². The Kier molecular flexibility index (Phi) is 5.13. The van der Waals surface area contributed by atoms with Gasteiger partial charge in [-0.25, -0.2) is 8.42 Å². The van der Waals surface area contributed by atoms with Crippen molar-refractivity contribution in [3.8, 4) is 5.75 Å². The summed E-state index contributed by atoms with van der Waals surface area (Å²) in [5.74, 6) is 0.467. The molecule has 18 heavy (non-hydrogen) atoms. The number of methoxy groups -OCH3 is 1. The molecule has 0 aromatic heterocycles. The summed E-state index contributed by atoms with van der Waals surface area (Å²) in [6.07, 6.45) is 0. The Bertz CT molecular complexity index is 488. The summed E-state index contributed by atoms with van der Waals surface area (Å²) in [5, 5.41) is 11.3. The Balaban J connectivity index is 3.09. The van der Waals surface area contributed by atoms with Gasteiger partial charge >= 0.3 is 0 Å². The first-order valence-electron chi connectivity index (χ1n) is 5.62. The van der Waals surface area contributed by atoms with Crippen LogP contribution >= 0.6 is 0 Å². The van der Waals surface area contributed by atoms with Gasteiger partial charge in [0, 0.05) is 6.54 Å². The third-order valence-corrected chi connectivity index (χ3v) is 4.41. The van der Waals surface area contributed by atoms with Crippen LogP contribution in [0.1, 0.15) is 11.1 Å². The lowest BCUT2D eigenvalue weighted by molar-refractivity contribution is 0.295. The van der Waals surface area contributed by atoms with Crippen molar-refractivity contribution < 1.29 is 18.3 Å². The number of rotatable bonds is 6. The fourth-order valence-corrected chi connectivity index (χ4v) is 3.53. The van der Waals surface area contributed by atoms with Gasteiger partial charge in [0.15, 0.2) is 9.84 Å². The van der Waals surface area contributed by atoms with Gasteiger partial charge in [0.2, 0.25) is 0 Å². The van der Waals surface area contributed by atoms with Gasteiger partial charge in [-0.15, -0.1) is 0 Å². The maximum Gasteiger partial charge on any atom is 0.191 e. The number of benzene rings is 1. The molecule has 0 fully saturated rings. The van der Waals surface area contributed by atoms with Crippen LogP contribution in [0.2, 0.25) is 0 Å². The molecule has 0 bridgehead atoms. The fraction of sp³-hybridized carbons (Fsp3) is 0.500. The highest BCUT2D eigenvalue weighted by Gasteiger charge is 2.20. The predicted molar refractivity (Wildman–Crippen MR) is 69.6 cm³/mol. The zero-order chi connectivity index (χ0) is 13.8. The maximum atomic E-state index is 12.2. The molecule has 0 spiro atoms. The van der Waals surface area contributed by atoms with Crippen LogP contribution in [0.15, 0.2) is 17.0 Å². The summed E-state index contributed by atoms with van der Waals surface area (Å²) >= 11 is 0. The first kappa shape index (κ1) is 14.9. The normalized spacial score (nSPS) is 11.6. The highest BCUT2D eigenvalue weighted by Crippen LogP contribution is 2.26. The minimum Gasteiger partial charge on any atom is -0.497 e. The number of hydrogen-bond donors (Lipinski definition) is 2. The van der Waals surface area contributed by atoms with Gasteiger partial charge in [-0.1, -0.05) is 0 Å². The van der Waals surface area contributed by atoms with Crippen molar-refractivity contribution >= 4 is 9.84 Å². The zero-order valence-electron chi connectivity index (χ0n) is 10.9. The molecular formula is C12H19NO4S. The van der Waals surface area contributed by atoms with Crippen molar-refractivity contribution in [1.82, 2.24) is 5.32 Å². The number of aliphatic hydroxyl groups excluding tert-OH is 1.